The highest BCUT2D eigenvalue weighted by molar-refractivity contribution is 7.98. The van der Waals surface area contributed by atoms with Gasteiger partial charge in [-0.15, -0.1) is 0 Å². The van der Waals surface area contributed by atoms with Crippen LogP contribution in [-0.4, -0.2) is 19.5 Å². The Bertz CT molecular complexity index is 1110. The van der Waals surface area contributed by atoms with Gasteiger partial charge >= 0.3 is 0 Å². The van der Waals surface area contributed by atoms with Gasteiger partial charge in [0, 0.05) is 7.05 Å². The van der Waals surface area contributed by atoms with Gasteiger partial charge in [-0.25, -0.2) is 9.97 Å². The van der Waals surface area contributed by atoms with Gasteiger partial charge in [0.05, 0.1) is 27.7 Å². The van der Waals surface area contributed by atoms with Crippen LogP contribution in [0.5, 0.6) is 0 Å². The lowest BCUT2D eigenvalue weighted by molar-refractivity contribution is 0.726. The van der Waals surface area contributed by atoms with Crippen molar-refractivity contribution in [3.63, 3.8) is 0 Å². The maximum absolute atomic E-state index is 12.4. The molecule has 6 heteroatoms. The van der Waals surface area contributed by atoms with E-state index < -0.39 is 0 Å². The maximum Gasteiger partial charge on any atom is 0.261 e. The van der Waals surface area contributed by atoms with Crippen molar-refractivity contribution < 1.29 is 0 Å². The van der Waals surface area contributed by atoms with Crippen LogP contribution in [0.4, 0.5) is 0 Å². The Labute approximate surface area is 142 Å². The van der Waals surface area contributed by atoms with E-state index in [0.717, 1.165) is 22.4 Å². The number of nitrogens with zero attached hydrogens (tertiary/aromatic N) is 3. The number of H-pyrrole nitrogens is 1. The molecular formula is C18H16N4OS. The molecule has 4 aromatic rings. The number of para-hydroxylation sites is 1. The number of aromatic nitrogens is 4. The summed E-state index contributed by atoms with van der Waals surface area (Å²) in [6, 6.07) is 13.6. The minimum absolute atomic E-state index is 0.0247. The van der Waals surface area contributed by atoms with Gasteiger partial charge in [0.1, 0.15) is 5.82 Å². The summed E-state index contributed by atoms with van der Waals surface area (Å²) >= 11 is 1.51. The van der Waals surface area contributed by atoms with Crippen LogP contribution in [0.1, 0.15) is 11.4 Å². The summed E-state index contributed by atoms with van der Waals surface area (Å²) in [5.41, 5.74) is 3.89. The van der Waals surface area contributed by atoms with Crippen LogP contribution < -0.4 is 5.56 Å². The lowest BCUT2D eigenvalue weighted by Crippen LogP contribution is -2.19. The average Bonchev–Trinajstić information content (AvgIpc) is 2.99. The summed E-state index contributed by atoms with van der Waals surface area (Å²) in [5, 5.41) is 1.33. The predicted molar refractivity (Wildman–Crippen MR) is 97.4 cm³/mol. The molecule has 0 aliphatic carbocycles. The number of nitrogens with one attached hydrogen (secondary N) is 1. The molecule has 2 aromatic heterocycles. The molecule has 1 N–H and O–H groups in total. The molecule has 0 fully saturated rings. The van der Waals surface area contributed by atoms with Crippen molar-refractivity contribution >= 4 is 33.7 Å². The molecule has 0 saturated carbocycles. The van der Waals surface area contributed by atoms with Crippen LogP contribution in [-0.2, 0) is 12.8 Å². The van der Waals surface area contributed by atoms with E-state index in [1.165, 1.54) is 17.3 Å². The van der Waals surface area contributed by atoms with Crippen LogP contribution >= 0.6 is 11.8 Å². The Balaban J connectivity index is 1.66. The second-order valence-corrected chi connectivity index (χ2v) is 6.71. The normalized spacial score (nSPS) is 11.4. The molecule has 0 amide bonds. The standard InChI is InChI=1S/C18H16N4OS/c1-11-7-8-14-15(9-11)20-16(19-14)10-24-18-21-13-6-4-3-5-12(13)17(23)22(18)2/h3-9H,10H2,1-2H3,(H,19,20). The van der Waals surface area contributed by atoms with E-state index in [-0.39, 0.29) is 5.56 Å². The number of imidazole rings is 1. The molecule has 4 rings (SSSR count). The van der Waals surface area contributed by atoms with Gasteiger partial charge in [-0.2, -0.15) is 0 Å². The molecule has 0 spiro atoms. The summed E-state index contributed by atoms with van der Waals surface area (Å²) < 4.78 is 1.60. The smallest absolute Gasteiger partial charge is 0.261 e. The number of thioether (sulfide) groups is 1. The Morgan fingerprint density at radius 2 is 1.96 bits per heavy atom. The van der Waals surface area contributed by atoms with Gasteiger partial charge in [-0.05, 0) is 36.8 Å². The predicted octanol–water partition coefficient (Wildman–Crippen LogP) is 3.41. The van der Waals surface area contributed by atoms with Crippen molar-refractivity contribution in [3.05, 3.63) is 64.2 Å². The van der Waals surface area contributed by atoms with E-state index in [2.05, 4.69) is 34.0 Å². The molecule has 0 aliphatic rings. The lowest BCUT2D eigenvalue weighted by Gasteiger charge is -2.07. The Morgan fingerprint density at radius 3 is 2.83 bits per heavy atom. The summed E-state index contributed by atoms with van der Waals surface area (Å²) in [7, 11) is 1.76. The van der Waals surface area contributed by atoms with Crippen molar-refractivity contribution in [3.8, 4) is 0 Å². The zero-order chi connectivity index (χ0) is 16.7. The van der Waals surface area contributed by atoms with Gasteiger partial charge in [-0.1, -0.05) is 30.0 Å². The van der Waals surface area contributed by atoms with Crippen molar-refractivity contribution in [2.75, 3.05) is 0 Å². The minimum atomic E-state index is -0.0247. The molecule has 2 aromatic carbocycles. The highest BCUT2D eigenvalue weighted by Crippen LogP contribution is 2.22. The first-order valence-electron chi connectivity index (χ1n) is 7.65. The molecule has 0 saturated heterocycles. The minimum Gasteiger partial charge on any atom is -0.341 e. The van der Waals surface area contributed by atoms with Crippen molar-refractivity contribution in [2.45, 2.75) is 17.8 Å². The highest BCUT2D eigenvalue weighted by Gasteiger charge is 2.10. The molecule has 0 aliphatic heterocycles. The molecule has 0 bridgehead atoms. The lowest BCUT2D eigenvalue weighted by atomic mass is 10.2. The number of hydrogen-bond acceptors (Lipinski definition) is 4. The largest absolute Gasteiger partial charge is 0.341 e. The zero-order valence-electron chi connectivity index (χ0n) is 13.4. The molecule has 0 unspecified atom stereocenters. The fourth-order valence-corrected chi connectivity index (χ4v) is 3.55. The van der Waals surface area contributed by atoms with E-state index in [4.69, 9.17) is 0 Å². The molecule has 0 radical (unpaired) electrons. The third-order valence-electron chi connectivity index (χ3n) is 3.97. The fourth-order valence-electron chi connectivity index (χ4n) is 2.70. The first-order valence-corrected chi connectivity index (χ1v) is 8.64. The molecule has 24 heavy (non-hydrogen) atoms. The van der Waals surface area contributed by atoms with Crippen LogP contribution in [0.25, 0.3) is 21.9 Å². The first kappa shape index (κ1) is 15.0. The highest BCUT2D eigenvalue weighted by atomic mass is 32.2. The van der Waals surface area contributed by atoms with Gasteiger partial charge in [0.15, 0.2) is 5.16 Å². The maximum atomic E-state index is 12.4. The number of rotatable bonds is 3. The monoisotopic (exact) mass is 336 g/mol. The third-order valence-corrected chi connectivity index (χ3v) is 5.01. The Hall–Kier alpha value is -2.60. The Morgan fingerprint density at radius 1 is 1.12 bits per heavy atom. The number of aromatic amines is 1. The Kier molecular flexibility index (Phi) is 3.61. The molecule has 5 nitrogen and oxygen atoms in total. The average molecular weight is 336 g/mol. The van der Waals surface area contributed by atoms with E-state index in [1.54, 1.807) is 17.7 Å². The van der Waals surface area contributed by atoms with Gasteiger partial charge in [0.2, 0.25) is 0 Å². The fraction of sp³-hybridized carbons (Fsp3) is 0.167. The molecule has 0 atom stereocenters. The second kappa shape index (κ2) is 5.79. The molecule has 2 heterocycles. The number of aryl methyl sites for hydroxylation is 1. The van der Waals surface area contributed by atoms with Crippen LogP contribution in [0.2, 0.25) is 0 Å². The summed E-state index contributed by atoms with van der Waals surface area (Å²) in [5.74, 6) is 1.51. The quantitative estimate of drug-likeness (QED) is 0.460. The van der Waals surface area contributed by atoms with Crippen LogP contribution in [0, 0.1) is 6.92 Å². The summed E-state index contributed by atoms with van der Waals surface area (Å²) in [6.45, 7) is 2.06. The van der Waals surface area contributed by atoms with E-state index in [9.17, 15) is 4.79 Å². The topological polar surface area (TPSA) is 63.6 Å². The molecular weight excluding hydrogens is 320 g/mol. The summed E-state index contributed by atoms with van der Waals surface area (Å²) in [4.78, 5) is 25.0. The van der Waals surface area contributed by atoms with Gasteiger partial charge in [-0.3, -0.25) is 9.36 Å². The second-order valence-electron chi connectivity index (χ2n) is 5.77. The van der Waals surface area contributed by atoms with Crippen LogP contribution in [0.15, 0.2) is 52.4 Å². The van der Waals surface area contributed by atoms with E-state index >= 15 is 0 Å². The van der Waals surface area contributed by atoms with Crippen molar-refractivity contribution in [2.24, 2.45) is 7.05 Å². The third kappa shape index (κ3) is 2.59. The van der Waals surface area contributed by atoms with E-state index in [1.807, 2.05) is 24.3 Å². The van der Waals surface area contributed by atoms with Gasteiger partial charge in [0.25, 0.3) is 5.56 Å². The first-order chi connectivity index (χ1) is 11.6. The van der Waals surface area contributed by atoms with Gasteiger partial charge < -0.3 is 4.98 Å². The SMILES string of the molecule is Cc1ccc2nc(CSc3nc4ccccc4c(=O)n3C)[nH]c2c1. The van der Waals surface area contributed by atoms with E-state index in [0.29, 0.717) is 16.3 Å². The van der Waals surface area contributed by atoms with Crippen molar-refractivity contribution in [1.29, 1.82) is 0 Å². The summed E-state index contributed by atoms with van der Waals surface area (Å²) in [6.07, 6.45) is 0. The molecule has 120 valence electrons. The number of fused-ring (bicyclic) bond motifs is 2. The zero-order valence-corrected chi connectivity index (χ0v) is 14.2. The number of hydrogen-bond donors (Lipinski definition) is 1. The van der Waals surface area contributed by atoms with Crippen molar-refractivity contribution in [1.82, 2.24) is 19.5 Å². The van der Waals surface area contributed by atoms with Crippen LogP contribution in [0.3, 0.4) is 0 Å². The number of benzene rings is 2.